The van der Waals surface area contributed by atoms with Crippen LogP contribution in [0, 0.1) is 6.92 Å². The van der Waals surface area contributed by atoms with Crippen LogP contribution in [0.2, 0.25) is 0 Å². The lowest BCUT2D eigenvalue weighted by Gasteiger charge is -2.06. The van der Waals surface area contributed by atoms with Crippen LogP contribution in [0.4, 0.5) is 0 Å². The van der Waals surface area contributed by atoms with Crippen molar-refractivity contribution in [1.29, 1.82) is 0 Å². The van der Waals surface area contributed by atoms with E-state index in [1.165, 1.54) is 0 Å². The lowest BCUT2D eigenvalue weighted by Crippen LogP contribution is -2.19. The van der Waals surface area contributed by atoms with Crippen molar-refractivity contribution in [3.63, 3.8) is 0 Å². The van der Waals surface area contributed by atoms with Gasteiger partial charge in [-0.3, -0.25) is 4.79 Å². The molecule has 1 rings (SSSR count). The molecule has 4 heteroatoms. The third kappa shape index (κ3) is 4.59. The van der Waals surface area contributed by atoms with Crippen LogP contribution in [0.5, 0.6) is 0 Å². The summed E-state index contributed by atoms with van der Waals surface area (Å²) in [5, 5.41) is 0. The number of rotatable bonds is 7. The number of hydrogen-bond acceptors (Lipinski definition) is 3. The maximum atomic E-state index is 11.5. The summed E-state index contributed by atoms with van der Waals surface area (Å²) in [5.41, 5.74) is 1.05. The SMILES string of the molecule is COCCOCCCn1ccc(C)cc1=O. The Morgan fingerprint density at radius 1 is 1.31 bits per heavy atom. The lowest BCUT2D eigenvalue weighted by atomic mass is 10.3. The summed E-state index contributed by atoms with van der Waals surface area (Å²) in [6, 6.07) is 3.58. The van der Waals surface area contributed by atoms with Gasteiger partial charge in [-0.05, 0) is 25.0 Å². The molecule has 0 atom stereocenters. The van der Waals surface area contributed by atoms with Crippen LogP contribution in [0.15, 0.2) is 23.1 Å². The van der Waals surface area contributed by atoms with Gasteiger partial charge in [0.15, 0.2) is 0 Å². The van der Waals surface area contributed by atoms with E-state index >= 15 is 0 Å². The van der Waals surface area contributed by atoms with Crippen LogP contribution in [0.1, 0.15) is 12.0 Å². The minimum atomic E-state index is 0.0527. The second-order valence-corrected chi connectivity index (χ2v) is 3.69. The van der Waals surface area contributed by atoms with E-state index in [1.807, 2.05) is 19.2 Å². The Kier molecular flexibility index (Phi) is 5.82. The van der Waals surface area contributed by atoms with Crippen molar-refractivity contribution in [1.82, 2.24) is 4.57 Å². The molecule has 0 unspecified atom stereocenters. The van der Waals surface area contributed by atoms with Gasteiger partial charge in [0.05, 0.1) is 13.2 Å². The van der Waals surface area contributed by atoms with E-state index in [0.717, 1.165) is 12.0 Å². The number of ether oxygens (including phenoxy) is 2. The van der Waals surface area contributed by atoms with Crippen LogP contribution in [0.3, 0.4) is 0 Å². The Morgan fingerprint density at radius 3 is 2.81 bits per heavy atom. The van der Waals surface area contributed by atoms with Crippen molar-refractivity contribution >= 4 is 0 Å². The van der Waals surface area contributed by atoms with Gasteiger partial charge in [-0.15, -0.1) is 0 Å². The summed E-state index contributed by atoms with van der Waals surface area (Å²) < 4.78 is 11.9. The minimum absolute atomic E-state index is 0.0527. The Balaban J connectivity index is 2.24. The molecule has 0 radical (unpaired) electrons. The predicted octanol–water partition coefficient (Wildman–Crippen LogP) is 1.21. The van der Waals surface area contributed by atoms with Gasteiger partial charge in [0.25, 0.3) is 5.56 Å². The van der Waals surface area contributed by atoms with E-state index in [-0.39, 0.29) is 5.56 Å². The number of methoxy groups -OCH3 is 1. The van der Waals surface area contributed by atoms with Crippen molar-refractivity contribution in [2.45, 2.75) is 19.9 Å². The Hall–Kier alpha value is -1.13. The monoisotopic (exact) mass is 225 g/mol. The van der Waals surface area contributed by atoms with Gasteiger partial charge >= 0.3 is 0 Å². The maximum absolute atomic E-state index is 11.5. The highest BCUT2D eigenvalue weighted by Gasteiger charge is 1.96. The first-order chi connectivity index (χ1) is 7.74. The Morgan fingerprint density at radius 2 is 2.12 bits per heavy atom. The fourth-order valence-electron chi connectivity index (χ4n) is 1.37. The first-order valence-corrected chi connectivity index (χ1v) is 5.48. The van der Waals surface area contributed by atoms with Crippen molar-refractivity contribution in [2.24, 2.45) is 0 Å². The first kappa shape index (κ1) is 12.9. The van der Waals surface area contributed by atoms with Gasteiger partial charge in [0, 0.05) is 32.5 Å². The van der Waals surface area contributed by atoms with E-state index in [9.17, 15) is 4.79 Å². The minimum Gasteiger partial charge on any atom is -0.382 e. The van der Waals surface area contributed by atoms with E-state index in [0.29, 0.717) is 26.4 Å². The number of nitrogens with zero attached hydrogens (tertiary/aromatic N) is 1. The number of aromatic nitrogens is 1. The fraction of sp³-hybridized carbons (Fsp3) is 0.583. The Bertz CT molecular complexity index is 360. The molecule has 90 valence electrons. The number of pyridine rings is 1. The zero-order valence-corrected chi connectivity index (χ0v) is 9.94. The zero-order chi connectivity index (χ0) is 11.8. The topological polar surface area (TPSA) is 40.5 Å². The van der Waals surface area contributed by atoms with Gasteiger partial charge in [-0.1, -0.05) is 0 Å². The molecule has 1 heterocycles. The van der Waals surface area contributed by atoms with E-state index in [1.54, 1.807) is 17.7 Å². The summed E-state index contributed by atoms with van der Waals surface area (Å²) in [4.78, 5) is 11.5. The van der Waals surface area contributed by atoms with Crippen molar-refractivity contribution in [2.75, 3.05) is 26.9 Å². The van der Waals surface area contributed by atoms with Gasteiger partial charge in [0.1, 0.15) is 0 Å². The van der Waals surface area contributed by atoms with Gasteiger partial charge < -0.3 is 14.0 Å². The van der Waals surface area contributed by atoms with Crippen LogP contribution < -0.4 is 5.56 Å². The molecule has 0 aliphatic rings. The number of hydrogen-bond donors (Lipinski definition) is 0. The average Bonchev–Trinajstić information content (AvgIpc) is 2.26. The van der Waals surface area contributed by atoms with Crippen LogP contribution >= 0.6 is 0 Å². The van der Waals surface area contributed by atoms with Gasteiger partial charge in [-0.25, -0.2) is 0 Å². The van der Waals surface area contributed by atoms with Gasteiger partial charge in [-0.2, -0.15) is 0 Å². The highest BCUT2D eigenvalue weighted by atomic mass is 16.5. The summed E-state index contributed by atoms with van der Waals surface area (Å²) in [6.07, 6.45) is 2.67. The maximum Gasteiger partial charge on any atom is 0.250 e. The van der Waals surface area contributed by atoms with E-state index in [2.05, 4.69) is 0 Å². The fourth-order valence-corrected chi connectivity index (χ4v) is 1.37. The third-order valence-electron chi connectivity index (χ3n) is 2.27. The quantitative estimate of drug-likeness (QED) is 0.655. The van der Waals surface area contributed by atoms with Crippen molar-refractivity contribution in [3.8, 4) is 0 Å². The molecule has 0 bridgehead atoms. The zero-order valence-electron chi connectivity index (χ0n) is 9.94. The molecule has 0 N–H and O–H groups in total. The molecule has 0 saturated heterocycles. The molecule has 0 spiro atoms. The van der Waals surface area contributed by atoms with Crippen LogP contribution in [-0.2, 0) is 16.0 Å². The van der Waals surface area contributed by atoms with Gasteiger partial charge in [0.2, 0.25) is 0 Å². The highest BCUT2D eigenvalue weighted by Crippen LogP contribution is 1.93. The Labute approximate surface area is 95.8 Å². The second kappa shape index (κ2) is 7.19. The van der Waals surface area contributed by atoms with Crippen LogP contribution in [0.25, 0.3) is 0 Å². The normalized spacial score (nSPS) is 10.6. The molecule has 16 heavy (non-hydrogen) atoms. The summed E-state index contributed by atoms with van der Waals surface area (Å²) >= 11 is 0. The third-order valence-corrected chi connectivity index (χ3v) is 2.27. The smallest absolute Gasteiger partial charge is 0.250 e. The van der Waals surface area contributed by atoms with Crippen molar-refractivity contribution < 1.29 is 9.47 Å². The second-order valence-electron chi connectivity index (χ2n) is 3.69. The molecular formula is C12H19NO3. The molecule has 0 amide bonds. The average molecular weight is 225 g/mol. The molecule has 1 aromatic rings. The first-order valence-electron chi connectivity index (χ1n) is 5.48. The van der Waals surface area contributed by atoms with E-state index < -0.39 is 0 Å². The molecule has 0 fully saturated rings. The summed E-state index contributed by atoms with van der Waals surface area (Å²) in [7, 11) is 1.65. The summed E-state index contributed by atoms with van der Waals surface area (Å²) in [6.45, 7) is 4.50. The van der Waals surface area contributed by atoms with Crippen LogP contribution in [-0.4, -0.2) is 31.5 Å². The molecule has 0 aliphatic heterocycles. The summed E-state index contributed by atoms with van der Waals surface area (Å²) in [5.74, 6) is 0. The standard InChI is InChI=1S/C12H19NO3/c1-11-4-6-13(12(14)10-11)5-3-7-16-9-8-15-2/h4,6,10H,3,5,7-9H2,1-2H3. The van der Waals surface area contributed by atoms with E-state index in [4.69, 9.17) is 9.47 Å². The van der Waals surface area contributed by atoms with Crippen molar-refractivity contribution in [3.05, 3.63) is 34.2 Å². The largest absolute Gasteiger partial charge is 0.382 e. The highest BCUT2D eigenvalue weighted by molar-refractivity contribution is 5.07. The molecule has 0 saturated carbocycles. The molecule has 0 aromatic carbocycles. The number of aryl methyl sites for hydroxylation is 2. The predicted molar refractivity (Wildman–Crippen MR) is 62.8 cm³/mol. The molecule has 0 aliphatic carbocycles. The molecular weight excluding hydrogens is 206 g/mol. The molecule has 1 aromatic heterocycles. The lowest BCUT2D eigenvalue weighted by molar-refractivity contribution is 0.0679. The molecule has 4 nitrogen and oxygen atoms in total.